The summed E-state index contributed by atoms with van der Waals surface area (Å²) in [5.74, 6) is 0.0351. The van der Waals surface area contributed by atoms with Crippen LogP contribution in [0.15, 0.2) is 23.0 Å². The molecule has 0 spiro atoms. The maximum Gasteiger partial charge on any atom is 0.250 e. The minimum Gasteiger partial charge on any atom is -0.369 e. The highest BCUT2D eigenvalue weighted by Crippen LogP contribution is 2.30. The minimum absolute atomic E-state index is 0.0348. The number of piperidine rings is 2. The molecule has 2 saturated heterocycles. The number of amides is 2. The Morgan fingerprint density at radius 3 is 2.62 bits per heavy atom. The zero-order valence-corrected chi connectivity index (χ0v) is 16.6. The second kappa shape index (κ2) is 8.10. The molecule has 156 valence electrons. The zero-order chi connectivity index (χ0) is 20.5. The van der Waals surface area contributed by atoms with Gasteiger partial charge < -0.3 is 20.1 Å². The zero-order valence-electron chi connectivity index (χ0n) is 16.6. The summed E-state index contributed by atoms with van der Waals surface area (Å²) < 4.78 is 1.89. The third-order valence-corrected chi connectivity index (χ3v) is 6.72. The lowest BCUT2D eigenvalue weighted by Crippen LogP contribution is -3.15. The predicted molar refractivity (Wildman–Crippen MR) is 105 cm³/mol. The van der Waals surface area contributed by atoms with Gasteiger partial charge in [-0.25, -0.2) is 0 Å². The number of nitrogens with zero attached hydrogens (tertiary/aromatic N) is 2. The molecule has 3 N–H and O–H groups in total. The summed E-state index contributed by atoms with van der Waals surface area (Å²) in [4.78, 5) is 51.3. The Morgan fingerprint density at radius 2 is 1.90 bits per heavy atom. The molecule has 8 nitrogen and oxygen atoms in total. The van der Waals surface area contributed by atoms with Gasteiger partial charge in [0.15, 0.2) is 5.78 Å². The molecule has 3 atom stereocenters. The van der Waals surface area contributed by atoms with E-state index in [1.807, 2.05) is 16.7 Å². The van der Waals surface area contributed by atoms with Crippen LogP contribution in [0.4, 0.5) is 0 Å². The van der Waals surface area contributed by atoms with Crippen LogP contribution in [-0.2, 0) is 20.9 Å². The standard InChI is InChI=1S/C21H28N4O4/c22-21(29)15-4-6-24(7-5-15)20(28)9-17(26)13-23-10-14-8-16(12-23)18-2-1-3-19(27)25(18)11-14/h1-3,14-16H,4-13H2,(H2,22,29)/p+1/t14-,16+/m0/s1. The summed E-state index contributed by atoms with van der Waals surface area (Å²) >= 11 is 0. The third kappa shape index (κ3) is 4.27. The number of hydrogen-bond donors (Lipinski definition) is 2. The molecule has 0 saturated carbocycles. The first-order chi connectivity index (χ1) is 13.9. The van der Waals surface area contributed by atoms with Crippen molar-refractivity contribution in [1.82, 2.24) is 9.47 Å². The maximum absolute atomic E-state index is 12.6. The lowest BCUT2D eigenvalue weighted by atomic mass is 9.83. The highest BCUT2D eigenvalue weighted by Gasteiger charge is 2.38. The molecule has 3 aliphatic rings. The number of carbonyl (C=O) groups excluding carboxylic acids is 3. The molecule has 0 radical (unpaired) electrons. The molecule has 1 aromatic heterocycles. The van der Waals surface area contributed by atoms with E-state index in [1.54, 1.807) is 11.0 Å². The van der Waals surface area contributed by atoms with Crippen LogP contribution < -0.4 is 16.2 Å². The number of Topliss-reactive ketones (excluding diaryl/α,β-unsaturated/α-hetero) is 1. The van der Waals surface area contributed by atoms with Crippen molar-refractivity contribution >= 4 is 17.6 Å². The average Bonchev–Trinajstić information content (AvgIpc) is 2.68. The number of nitrogens with one attached hydrogen (secondary N) is 1. The second-order valence-electron chi connectivity index (χ2n) is 8.81. The van der Waals surface area contributed by atoms with Gasteiger partial charge in [0.05, 0.1) is 19.5 Å². The number of nitrogens with two attached hydrogens (primary N) is 1. The second-order valence-corrected chi connectivity index (χ2v) is 8.81. The fourth-order valence-corrected chi connectivity index (χ4v) is 5.30. The van der Waals surface area contributed by atoms with Crippen molar-refractivity contribution in [2.24, 2.45) is 17.6 Å². The molecule has 3 aliphatic heterocycles. The Morgan fingerprint density at radius 1 is 1.14 bits per heavy atom. The number of quaternary nitrogens is 1. The van der Waals surface area contributed by atoms with Gasteiger partial charge in [-0.15, -0.1) is 0 Å². The third-order valence-electron chi connectivity index (χ3n) is 6.72. The van der Waals surface area contributed by atoms with E-state index < -0.39 is 0 Å². The van der Waals surface area contributed by atoms with E-state index in [2.05, 4.69) is 0 Å². The lowest BCUT2D eigenvalue weighted by Gasteiger charge is -2.40. The molecule has 29 heavy (non-hydrogen) atoms. The smallest absolute Gasteiger partial charge is 0.250 e. The normalized spacial score (nSPS) is 26.6. The van der Waals surface area contributed by atoms with E-state index in [0.717, 1.165) is 31.7 Å². The van der Waals surface area contributed by atoms with Crippen LogP contribution in [0.2, 0.25) is 0 Å². The number of aromatic nitrogens is 1. The van der Waals surface area contributed by atoms with Gasteiger partial charge in [0, 0.05) is 49.1 Å². The van der Waals surface area contributed by atoms with Gasteiger partial charge in [-0.2, -0.15) is 0 Å². The number of likely N-dealkylation sites (tertiary alicyclic amines) is 2. The monoisotopic (exact) mass is 401 g/mol. The van der Waals surface area contributed by atoms with E-state index in [4.69, 9.17) is 5.73 Å². The minimum atomic E-state index is -0.309. The quantitative estimate of drug-likeness (QED) is 0.588. The van der Waals surface area contributed by atoms with Crippen LogP contribution in [0.25, 0.3) is 0 Å². The lowest BCUT2D eigenvalue weighted by molar-refractivity contribution is -0.903. The SMILES string of the molecule is NC(=O)C1CCN(C(=O)CC(=O)C[NH+]2C[C@@H]3C[C@H](C2)c2cccc(=O)n2C3)CC1. The maximum atomic E-state index is 12.6. The van der Waals surface area contributed by atoms with Crippen LogP contribution in [0, 0.1) is 11.8 Å². The highest BCUT2D eigenvalue weighted by atomic mass is 16.2. The molecule has 8 heteroatoms. The van der Waals surface area contributed by atoms with Crippen LogP contribution in [0.5, 0.6) is 0 Å². The van der Waals surface area contributed by atoms with Crippen molar-refractivity contribution in [2.75, 3.05) is 32.7 Å². The number of rotatable bonds is 5. The van der Waals surface area contributed by atoms with Crippen LogP contribution >= 0.6 is 0 Å². The van der Waals surface area contributed by atoms with Gasteiger partial charge in [0.1, 0.15) is 6.54 Å². The molecule has 0 aromatic carbocycles. The van der Waals surface area contributed by atoms with Crippen molar-refractivity contribution < 1.29 is 19.3 Å². The molecule has 4 heterocycles. The summed E-state index contributed by atoms with van der Waals surface area (Å²) in [5.41, 5.74) is 6.47. The van der Waals surface area contributed by atoms with Gasteiger partial charge >= 0.3 is 0 Å². The molecule has 2 bridgehead atoms. The fourth-order valence-electron chi connectivity index (χ4n) is 5.30. The van der Waals surface area contributed by atoms with E-state index in [9.17, 15) is 19.2 Å². The van der Waals surface area contributed by atoms with Crippen molar-refractivity contribution in [3.05, 3.63) is 34.2 Å². The molecular formula is C21H29N4O4+. The Hall–Kier alpha value is -2.48. The number of carbonyl (C=O) groups is 3. The van der Waals surface area contributed by atoms with Gasteiger partial charge in [-0.1, -0.05) is 6.07 Å². The predicted octanol–water partition coefficient (Wildman–Crippen LogP) is -1.47. The van der Waals surface area contributed by atoms with Crippen LogP contribution in [0.1, 0.15) is 37.3 Å². The summed E-state index contributed by atoms with van der Waals surface area (Å²) in [6, 6.07) is 5.44. The molecule has 1 unspecified atom stereocenters. The fraction of sp³-hybridized carbons (Fsp3) is 0.619. The molecule has 0 aliphatic carbocycles. The van der Waals surface area contributed by atoms with Crippen molar-refractivity contribution in [1.29, 1.82) is 0 Å². The molecule has 2 fully saturated rings. The van der Waals surface area contributed by atoms with Crippen LogP contribution in [0.3, 0.4) is 0 Å². The van der Waals surface area contributed by atoms with E-state index in [-0.39, 0.29) is 35.5 Å². The summed E-state index contributed by atoms with van der Waals surface area (Å²) in [5, 5.41) is 0. The Bertz CT molecular complexity index is 872. The number of ketones is 1. The van der Waals surface area contributed by atoms with Crippen molar-refractivity contribution in [3.8, 4) is 0 Å². The topological polar surface area (TPSA) is 107 Å². The number of primary amides is 1. The van der Waals surface area contributed by atoms with Crippen molar-refractivity contribution in [3.63, 3.8) is 0 Å². The van der Waals surface area contributed by atoms with Gasteiger partial charge in [0.25, 0.3) is 5.56 Å². The van der Waals surface area contributed by atoms with E-state index in [0.29, 0.717) is 44.3 Å². The Balaban J connectivity index is 1.30. The first-order valence-electron chi connectivity index (χ1n) is 10.5. The Labute approximate surface area is 169 Å². The molecule has 1 aromatic rings. The van der Waals surface area contributed by atoms with Crippen molar-refractivity contribution in [2.45, 2.75) is 38.1 Å². The van der Waals surface area contributed by atoms with E-state index in [1.165, 1.54) is 4.90 Å². The largest absolute Gasteiger partial charge is 0.369 e. The summed E-state index contributed by atoms with van der Waals surface area (Å²) in [6.07, 6.45) is 2.15. The summed E-state index contributed by atoms with van der Waals surface area (Å²) in [6.45, 7) is 3.74. The summed E-state index contributed by atoms with van der Waals surface area (Å²) in [7, 11) is 0. The number of hydrogen-bond acceptors (Lipinski definition) is 4. The van der Waals surface area contributed by atoms with Gasteiger partial charge in [0.2, 0.25) is 11.8 Å². The molecular weight excluding hydrogens is 372 g/mol. The first-order valence-corrected chi connectivity index (χ1v) is 10.5. The number of pyridine rings is 1. The Kier molecular flexibility index (Phi) is 5.54. The van der Waals surface area contributed by atoms with Gasteiger partial charge in [-0.05, 0) is 25.3 Å². The highest BCUT2D eigenvalue weighted by molar-refractivity contribution is 5.98. The molecule has 4 rings (SSSR count). The number of fused-ring (bicyclic) bond motifs is 4. The molecule has 2 amide bonds. The van der Waals surface area contributed by atoms with Gasteiger partial charge in [-0.3, -0.25) is 19.2 Å². The first kappa shape index (κ1) is 19.8. The average molecular weight is 401 g/mol. The van der Waals surface area contributed by atoms with E-state index >= 15 is 0 Å². The van der Waals surface area contributed by atoms with Crippen LogP contribution in [-0.4, -0.2) is 59.8 Å².